The van der Waals surface area contributed by atoms with E-state index in [1.54, 1.807) is 33.8 Å². The molecule has 2 aromatic heterocycles. The molecule has 0 spiro atoms. The number of carbonyl (C=O) groups excluding carboxylic acids is 2. The summed E-state index contributed by atoms with van der Waals surface area (Å²) in [5, 5.41) is 14.0. The number of benzene rings is 2. The summed E-state index contributed by atoms with van der Waals surface area (Å²) in [6, 6.07) is 14.5. The number of nitrogens with zero attached hydrogens (tertiary/aromatic N) is 7. The summed E-state index contributed by atoms with van der Waals surface area (Å²) in [6.07, 6.45) is 3.81. The van der Waals surface area contributed by atoms with E-state index in [9.17, 15) is 9.59 Å². The number of aryl methyl sites for hydroxylation is 1. The van der Waals surface area contributed by atoms with E-state index in [0.717, 1.165) is 15.9 Å². The Balaban J connectivity index is 1.09. The number of rotatable bonds is 5. The van der Waals surface area contributed by atoms with Gasteiger partial charge in [-0.2, -0.15) is 5.10 Å². The minimum absolute atomic E-state index is 0.0230. The van der Waals surface area contributed by atoms with Crippen molar-refractivity contribution in [1.82, 2.24) is 34.6 Å². The Bertz CT molecular complexity index is 1570. The number of carbonyl (C=O) groups is 2. The molecule has 0 N–H and O–H groups in total. The third-order valence-electron chi connectivity index (χ3n) is 7.61. The fourth-order valence-corrected chi connectivity index (χ4v) is 6.55. The highest BCUT2D eigenvalue weighted by atomic mass is 79.9. The average Bonchev–Trinajstić information content (AvgIpc) is 3.67. The first-order valence-electron chi connectivity index (χ1n) is 13.1. The van der Waals surface area contributed by atoms with Crippen LogP contribution in [0.1, 0.15) is 41.5 Å². The Labute approximate surface area is 249 Å². The second kappa shape index (κ2) is 11.0. The van der Waals surface area contributed by atoms with Crippen molar-refractivity contribution in [2.45, 2.75) is 38.3 Å². The van der Waals surface area contributed by atoms with Crippen molar-refractivity contribution in [2.24, 2.45) is 0 Å². The molecule has 2 saturated heterocycles. The van der Waals surface area contributed by atoms with Crippen molar-refractivity contribution in [3.63, 3.8) is 0 Å². The SMILES string of the molecule is Cc1cc(C(=O)N2CCC(N3CCC(n4cc(-c5c(Cl)cccc5Cl)nn4)C3=O)CC2)nn1-c1cccc(Br)c1. The van der Waals surface area contributed by atoms with E-state index < -0.39 is 6.04 Å². The maximum Gasteiger partial charge on any atom is 0.274 e. The molecule has 0 radical (unpaired) electrons. The van der Waals surface area contributed by atoms with Crippen LogP contribution in [0.25, 0.3) is 16.9 Å². The van der Waals surface area contributed by atoms with E-state index in [0.29, 0.717) is 65.9 Å². The number of likely N-dealkylation sites (tertiary alicyclic amines) is 2. The molecular formula is C28H26BrCl2N7O2. The van der Waals surface area contributed by atoms with Crippen molar-refractivity contribution in [1.29, 1.82) is 0 Å². The van der Waals surface area contributed by atoms with E-state index in [2.05, 4.69) is 31.3 Å². The summed E-state index contributed by atoms with van der Waals surface area (Å²) >= 11 is 16.2. The third-order valence-corrected chi connectivity index (χ3v) is 8.74. The first-order valence-corrected chi connectivity index (χ1v) is 14.6. The molecule has 9 nitrogen and oxygen atoms in total. The van der Waals surface area contributed by atoms with Gasteiger partial charge < -0.3 is 9.80 Å². The Kier molecular flexibility index (Phi) is 7.41. The van der Waals surface area contributed by atoms with Crippen LogP contribution >= 0.6 is 39.1 Å². The highest BCUT2D eigenvalue weighted by Crippen LogP contribution is 2.35. The lowest BCUT2D eigenvalue weighted by atomic mass is 10.0. The van der Waals surface area contributed by atoms with Crippen molar-refractivity contribution in [3.05, 3.63) is 80.6 Å². The highest BCUT2D eigenvalue weighted by molar-refractivity contribution is 9.10. The van der Waals surface area contributed by atoms with Crippen LogP contribution in [-0.4, -0.2) is 72.1 Å². The van der Waals surface area contributed by atoms with Crippen LogP contribution in [0.4, 0.5) is 0 Å². The van der Waals surface area contributed by atoms with Crippen LogP contribution in [0.5, 0.6) is 0 Å². The molecule has 2 aromatic carbocycles. The monoisotopic (exact) mass is 641 g/mol. The highest BCUT2D eigenvalue weighted by Gasteiger charge is 2.39. The fourth-order valence-electron chi connectivity index (χ4n) is 5.57. The summed E-state index contributed by atoms with van der Waals surface area (Å²) in [6.45, 7) is 3.71. The minimum Gasteiger partial charge on any atom is -0.338 e. The van der Waals surface area contributed by atoms with Gasteiger partial charge in [0.15, 0.2) is 5.69 Å². The van der Waals surface area contributed by atoms with E-state index >= 15 is 0 Å². The molecule has 6 rings (SSSR count). The second-order valence-electron chi connectivity index (χ2n) is 10.1. The predicted octanol–water partition coefficient (Wildman–Crippen LogP) is 5.59. The quantitative estimate of drug-likeness (QED) is 0.283. The molecular weight excluding hydrogens is 617 g/mol. The molecule has 1 atom stereocenters. The molecule has 2 aliphatic heterocycles. The maximum absolute atomic E-state index is 13.4. The lowest BCUT2D eigenvalue weighted by molar-refractivity contribution is -0.133. The zero-order valence-electron chi connectivity index (χ0n) is 21.7. The van der Waals surface area contributed by atoms with Gasteiger partial charge >= 0.3 is 0 Å². The van der Waals surface area contributed by atoms with Gasteiger partial charge in [-0.05, 0) is 62.6 Å². The second-order valence-corrected chi connectivity index (χ2v) is 11.8. The molecule has 2 aliphatic rings. The lowest BCUT2D eigenvalue weighted by Gasteiger charge is -2.36. The van der Waals surface area contributed by atoms with Crippen molar-refractivity contribution >= 4 is 50.9 Å². The summed E-state index contributed by atoms with van der Waals surface area (Å²) in [5.41, 5.74) is 3.34. The number of hydrogen-bond donors (Lipinski definition) is 0. The summed E-state index contributed by atoms with van der Waals surface area (Å²) in [4.78, 5) is 30.5. The summed E-state index contributed by atoms with van der Waals surface area (Å²) < 4.78 is 4.34. The standard InChI is InChI=1S/C28H26BrCl2N7O2/c1-17-14-23(33-38(17)20-5-2-4-18(29)15-20)27(39)35-11-8-19(9-12-35)36-13-10-25(28(36)40)37-16-24(32-34-37)26-21(30)6-3-7-22(26)31/h2-7,14-16,19,25H,8-13H2,1H3. The van der Waals surface area contributed by atoms with E-state index in [4.69, 9.17) is 23.2 Å². The summed E-state index contributed by atoms with van der Waals surface area (Å²) in [5.74, 6) is -0.0656. The first kappa shape index (κ1) is 27.0. The Morgan fingerprint density at radius 3 is 2.45 bits per heavy atom. The Hall–Kier alpha value is -3.21. The van der Waals surface area contributed by atoms with Crippen molar-refractivity contribution in [2.75, 3.05) is 19.6 Å². The largest absolute Gasteiger partial charge is 0.338 e. The molecule has 0 aliphatic carbocycles. The van der Waals surface area contributed by atoms with Gasteiger partial charge in [0.05, 0.1) is 21.9 Å². The molecule has 4 heterocycles. The van der Waals surface area contributed by atoms with Crippen LogP contribution in [0.2, 0.25) is 10.0 Å². The molecule has 12 heteroatoms. The number of amides is 2. The van der Waals surface area contributed by atoms with Gasteiger partial charge in [0, 0.05) is 41.4 Å². The topological polar surface area (TPSA) is 89.2 Å². The number of hydrogen-bond acceptors (Lipinski definition) is 5. The predicted molar refractivity (Wildman–Crippen MR) is 156 cm³/mol. The Morgan fingerprint density at radius 1 is 1.00 bits per heavy atom. The molecule has 206 valence electrons. The van der Waals surface area contributed by atoms with Crippen LogP contribution < -0.4 is 0 Å². The first-order chi connectivity index (χ1) is 19.3. The van der Waals surface area contributed by atoms with Gasteiger partial charge in [0.25, 0.3) is 5.91 Å². The molecule has 0 bridgehead atoms. The van der Waals surface area contributed by atoms with Crippen LogP contribution in [0.3, 0.4) is 0 Å². The number of halogens is 3. The molecule has 1 unspecified atom stereocenters. The zero-order chi connectivity index (χ0) is 28.0. The number of aromatic nitrogens is 5. The van der Waals surface area contributed by atoms with Gasteiger partial charge in [-0.25, -0.2) is 9.36 Å². The maximum atomic E-state index is 13.4. The Morgan fingerprint density at radius 2 is 1.73 bits per heavy atom. The van der Waals surface area contributed by atoms with Gasteiger partial charge in [-0.1, -0.05) is 56.5 Å². The molecule has 4 aromatic rings. The van der Waals surface area contributed by atoms with Gasteiger partial charge in [0.2, 0.25) is 5.91 Å². The number of piperidine rings is 1. The third kappa shape index (κ3) is 5.04. The van der Waals surface area contributed by atoms with Crippen LogP contribution in [0.15, 0.2) is 59.2 Å². The smallest absolute Gasteiger partial charge is 0.274 e. The molecule has 0 saturated carbocycles. The lowest BCUT2D eigenvalue weighted by Crippen LogP contribution is -2.47. The van der Waals surface area contributed by atoms with Gasteiger partial charge in [-0.3, -0.25) is 9.59 Å². The molecule has 2 fully saturated rings. The van der Waals surface area contributed by atoms with Gasteiger partial charge in [-0.15, -0.1) is 5.10 Å². The van der Waals surface area contributed by atoms with E-state index in [1.165, 1.54) is 0 Å². The van der Waals surface area contributed by atoms with E-state index in [1.807, 2.05) is 47.1 Å². The van der Waals surface area contributed by atoms with Crippen LogP contribution in [-0.2, 0) is 4.79 Å². The van der Waals surface area contributed by atoms with Crippen molar-refractivity contribution < 1.29 is 9.59 Å². The normalized spacial score (nSPS) is 18.1. The molecule has 2 amide bonds. The molecule has 40 heavy (non-hydrogen) atoms. The minimum atomic E-state index is -0.424. The zero-order valence-corrected chi connectivity index (χ0v) is 24.8. The van der Waals surface area contributed by atoms with E-state index in [-0.39, 0.29) is 17.9 Å². The van der Waals surface area contributed by atoms with Crippen LogP contribution in [0, 0.1) is 6.92 Å². The average molecular weight is 643 g/mol. The summed E-state index contributed by atoms with van der Waals surface area (Å²) in [7, 11) is 0. The van der Waals surface area contributed by atoms with Gasteiger partial charge in [0.1, 0.15) is 11.7 Å². The fraction of sp³-hybridized carbons (Fsp3) is 0.321. The van der Waals surface area contributed by atoms with Crippen molar-refractivity contribution in [3.8, 4) is 16.9 Å².